The summed E-state index contributed by atoms with van der Waals surface area (Å²) in [5, 5.41) is 0.266. The summed E-state index contributed by atoms with van der Waals surface area (Å²) < 4.78 is 37.4. The van der Waals surface area contributed by atoms with Crippen LogP contribution >= 0.6 is 7.80 Å². The minimum absolute atomic E-state index is 0.266. The van der Waals surface area contributed by atoms with Gasteiger partial charge < -0.3 is 18.9 Å². The number of rotatable bonds is 19. The smallest absolute Gasteiger partial charge is 0.462 e. The Morgan fingerprint density at radius 3 is 1.69 bits per heavy atom. The molecule has 180 valence electrons. The van der Waals surface area contributed by atoms with Gasteiger partial charge in [0.1, 0.15) is 0 Å². The van der Waals surface area contributed by atoms with Crippen molar-refractivity contribution >= 4 is 18.6 Å². The molecular formula is C25H40O6P+. The predicted octanol–water partition coefficient (Wildman–Crippen LogP) is 6.57. The van der Waals surface area contributed by atoms with Gasteiger partial charge in [-0.05, 0) is 25.7 Å². The summed E-state index contributed by atoms with van der Waals surface area (Å²) in [4.78, 5) is 12.3. The zero-order valence-electron chi connectivity index (χ0n) is 20.2. The Morgan fingerprint density at radius 2 is 1.22 bits per heavy atom. The van der Waals surface area contributed by atoms with Crippen LogP contribution in [0, 0.1) is 0 Å². The Labute approximate surface area is 194 Å². The molecule has 0 aliphatic heterocycles. The largest absolute Gasteiger partial charge is 0.489 e. The van der Waals surface area contributed by atoms with E-state index >= 15 is 0 Å². The standard InChI is InChI=1S/C25H40O6P/c1-6-11-15-28-20-19-21(32(27)22(26)10-5)24(30-17-13-8-3)25(31-18-14-9-4)23(20)29-16-12-7-2/h10,19H,5-9,11-18H2,1-4H3/q+1. The molecule has 7 heteroatoms. The van der Waals surface area contributed by atoms with Gasteiger partial charge in [-0.25, -0.2) is 4.79 Å². The molecule has 6 nitrogen and oxygen atoms in total. The maximum Gasteiger partial charge on any atom is 0.462 e. The molecule has 0 amide bonds. The van der Waals surface area contributed by atoms with Crippen LogP contribution < -0.4 is 24.3 Å². The van der Waals surface area contributed by atoms with E-state index in [4.69, 9.17) is 18.9 Å². The molecule has 1 aromatic rings. The maximum absolute atomic E-state index is 13.1. The van der Waals surface area contributed by atoms with Crippen LogP contribution in [0.15, 0.2) is 18.7 Å². The monoisotopic (exact) mass is 467 g/mol. The SMILES string of the molecule is C=CC(=O)[P+](=O)c1cc(OCCCC)c(OCCCC)c(OCCCC)c1OCCCC. The van der Waals surface area contributed by atoms with Gasteiger partial charge in [0.15, 0.2) is 5.75 Å². The number of hydrogen-bond donors (Lipinski definition) is 0. The molecule has 0 aliphatic carbocycles. The van der Waals surface area contributed by atoms with Crippen LogP contribution in [0.25, 0.3) is 0 Å². The van der Waals surface area contributed by atoms with E-state index in [1.54, 1.807) is 6.07 Å². The van der Waals surface area contributed by atoms with Crippen LogP contribution in [0.1, 0.15) is 79.1 Å². The molecule has 0 aromatic heterocycles. The van der Waals surface area contributed by atoms with Gasteiger partial charge in [0, 0.05) is 12.1 Å². The average molecular weight is 468 g/mol. The molecule has 0 radical (unpaired) electrons. The van der Waals surface area contributed by atoms with Gasteiger partial charge in [-0.1, -0.05) is 64.5 Å². The Balaban J connectivity index is 3.62. The molecule has 1 aromatic carbocycles. The van der Waals surface area contributed by atoms with Gasteiger partial charge in [-0.2, -0.15) is 0 Å². The number of benzene rings is 1. The molecule has 0 saturated heterocycles. The number of carbonyl (C=O) groups is 1. The fraction of sp³-hybridized carbons (Fsp3) is 0.640. The summed E-state index contributed by atoms with van der Waals surface area (Å²) in [5.74, 6) is 1.56. The first-order valence-electron chi connectivity index (χ1n) is 11.9. The third kappa shape index (κ3) is 8.82. The first-order chi connectivity index (χ1) is 15.5. The average Bonchev–Trinajstić information content (AvgIpc) is 2.80. The number of hydrogen-bond acceptors (Lipinski definition) is 6. The quantitative estimate of drug-likeness (QED) is 0.130. The molecule has 0 saturated carbocycles. The van der Waals surface area contributed by atoms with E-state index in [0.29, 0.717) is 49.4 Å². The lowest BCUT2D eigenvalue weighted by Gasteiger charge is -2.20. The molecule has 1 atom stereocenters. The molecule has 0 N–H and O–H groups in total. The van der Waals surface area contributed by atoms with E-state index in [9.17, 15) is 9.36 Å². The summed E-state index contributed by atoms with van der Waals surface area (Å²) in [7, 11) is -2.42. The fourth-order valence-electron chi connectivity index (χ4n) is 2.74. The van der Waals surface area contributed by atoms with E-state index in [0.717, 1.165) is 57.4 Å². The zero-order chi connectivity index (χ0) is 23.8. The van der Waals surface area contributed by atoms with Gasteiger partial charge >= 0.3 is 13.3 Å². The van der Waals surface area contributed by atoms with Crippen molar-refractivity contribution in [2.45, 2.75) is 79.1 Å². The molecule has 0 spiro atoms. The van der Waals surface area contributed by atoms with Crippen LogP contribution in [0.3, 0.4) is 0 Å². The minimum atomic E-state index is -2.42. The molecule has 0 heterocycles. The lowest BCUT2D eigenvalue weighted by molar-refractivity contribution is -0.107. The predicted molar refractivity (Wildman–Crippen MR) is 130 cm³/mol. The molecular weight excluding hydrogens is 427 g/mol. The maximum atomic E-state index is 13.1. The highest BCUT2D eigenvalue weighted by Gasteiger charge is 2.38. The van der Waals surface area contributed by atoms with Gasteiger partial charge in [0.2, 0.25) is 22.6 Å². The highest BCUT2D eigenvalue weighted by molar-refractivity contribution is 7.71. The van der Waals surface area contributed by atoms with Crippen LogP contribution in [0.4, 0.5) is 0 Å². The van der Waals surface area contributed by atoms with Crippen molar-refractivity contribution < 1.29 is 28.3 Å². The summed E-state index contributed by atoms with van der Waals surface area (Å²) in [6.45, 7) is 13.7. The van der Waals surface area contributed by atoms with Gasteiger partial charge in [0.25, 0.3) is 0 Å². The third-order valence-electron chi connectivity index (χ3n) is 4.72. The number of allylic oxidation sites excluding steroid dienone is 1. The van der Waals surface area contributed by atoms with Gasteiger partial charge in [-0.3, -0.25) is 0 Å². The minimum Gasteiger partial charge on any atom is -0.489 e. The molecule has 1 rings (SSSR count). The highest BCUT2D eigenvalue weighted by atomic mass is 31.1. The molecule has 0 aliphatic rings. The number of ether oxygens (including phenoxy) is 4. The summed E-state index contributed by atoms with van der Waals surface area (Å²) in [6.07, 6.45) is 8.34. The van der Waals surface area contributed by atoms with Crippen LogP contribution in [0.2, 0.25) is 0 Å². The second-order valence-corrected chi connectivity index (χ2v) is 9.04. The molecule has 32 heavy (non-hydrogen) atoms. The van der Waals surface area contributed by atoms with Crippen LogP contribution in [-0.4, -0.2) is 32.0 Å². The summed E-state index contributed by atoms with van der Waals surface area (Å²) >= 11 is 0. The normalized spacial score (nSPS) is 11.1. The van der Waals surface area contributed by atoms with E-state index < -0.39 is 13.3 Å². The second-order valence-electron chi connectivity index (χ2n) is 7.53. The Bertz CT molecular complexity index is 732. The van der Waals surface area contributed by atoms with Crippen molar-refractivity contribution in [2.75, 3.05) is 26.4 Å². The summed E-state index contributed by atoms with van der Waals surface area (Å²) in [6, 6.07) is 1.62. The lowest BCUT2D eigenvalue weighted by atomic mass is 10.2. The Kier molecular flexibility index (Phi) is 14.5. The Hall–Kier alpha value is -2.07. The van der Waals surface area contributed by atoms with Crippen molar-refractivity contribution in [3.8, 4) is 23.0 Å². The fourth-order valence-corrected chi connectivity index (χ4v) is 3.72. The van der Waals surface area contributed by atoms with E-state index in [1.165, 1.54) is 0 Å². The van der Waals surface area contributed by atoms with E-state index in [2.05, 4.69) is 34.3 Å². The van der Waals surface area contributed by atoms with Crippen molar-refractivity contribution in [2.24, 2.45) is 0 Å². The first-order valence-corrected chi connectivity index (χ1v) is 13.2. The van der Waals surface area contributed by atoms with Gasteiger partial charge in [-0.15, -0.1) is 0 Å². The van der Waals surface area contributed by atoms with Crippen molar-refractivity contribution in [1.29, 1.82) is 0 Å². The van der Waals surface area contributed by atoms with Crippen LogP contribution in [0.5, 0.6) is 23.0 Å². The number of unbranched alkanes of at least 4 members (excludes halogenated alkanes) is 4. The second kappa shape index (κ2) is 16.5. The topological polar surface area (TPSA) is 71.1 Å². The molecule has 0 bridgehead atoms. The molecule has 1 unspecified atom stereocenters. The lowest BCUT2D eigenvalue weighted by Crippen LogP contribution is -2.15. The zero-order valence-corrected chi connectivity index (χ0v) is 21.1. The van der Waals surface area contributed by atoms with Crippen molar-refractivity contribution in [3.63, 3.8) is 0 Å². The van der Waals surface area contributed by atoms with Crippen molar-refractivity contribution in [1.82, 2.24) is 0 Å². The first kappa shape index (κ1) is 28.0. The number of carbonyl (C=O) groups excluding carboxylic acids is 1. The summed E-state index contributed by atoms with van der Waals surface area (Å²) in [5.41, 5.74) is -0.556. The molecule has 0 fully saturated rings. The van der Waals surface area contributed by atoms with Gasteiger partial charge in [0.05, 0.1) is 26.4 Å². The van der Waals surface area contributed by atoms with Crippen molar-refractivity contribution in [3.05, 3.63) is 18.7 Å². The van der Waals surface area contributed by atoms with Crippen LogP contribution in [-0.2, 0) is 9.36 Å². The van der Waals surface area contributed by atoms with E-state index in [1.807, 2.05) is 0 Å². The highest BCUT2D eigenvalue weighted by Crippen LogP contribution is 2.47. The third-order valence-corrected chi connectivity index (χ3v) is 6.07. The Morgan fingerprint density at radius 1 is 0.781 bits per heavy atom. The van der Waals surface area contributed by atoms with E-state index in [-0.39, 0.29) is 5.30 Å².